The third kappa shape index (κ3) is 4.84. The van der Waals surface area contributed by atoms with E-state index in [1.165, 1.54) is 0 Å². The van der Waals surface area contributed by atoms with Gasteiger partial charge in [0.25, 0.3) is 5.91 Å². The average Bonchev–Trinajstić information content (AvgIpc) is 3.31. The fourth-order valence-electron chi connectivity index (χ4n) is 4.56. The quantitative estimate of drug-likeness (QED) is 0.369. The number of esters is 1. The lowest BCUT2D eigenvalue weighted by molar-refractivity contribution is -0.124. The standard InChI is InChI=1S/C30H26N2O4/c1-35-26-14-8-5-11-22(26)18-31-27(33)19-36-30(34)28-23-12-6-7-13-25(23)32-29-21(15-16-24(28)29)17-20-9-3-2-4-10-20/h2-14,17H,15-16,18-19H2,1H3,(H,31,33)/b21-17-. The zero-order valence-corrected chi connectivity index (χ0v) is 20.0. The summed E-state index contributed by atoms with van der Waals surface area (Å²) in [5, 5.41) is 3.52. The van der Waals surface area contributed by atoms with E-state index < -0.39 is 5.97 Å². The lowest BCUT2D eigenvalue weighted by Gasteiger charge is -2.13. The van der Waals surface area contributed by atoms with E-state index in [-0.39, 0.29) is 19.1 Å². The number of hydrogen-bond donors (Lipinski definition) is 1. The van der Waals surface area contributed by atoms with Crippen molar-refractivity contribution in [1.29, 1.82) is 0 Å². The van der Waals surface area contributed by atoms with Crippen LogP contribution in [-0.2, 0) is 22.5 Å². The van der Waals surface area contributed by atoms with E-state index >= 15 is 0 Å². The second-order valence-electron chi connectivity index (χ2n) is 8.58. The van der Waals surface area contributed by atoms with E-state index in [1.807, 2.05) is 78.9 Å². The maximum atomic E-state index is 13.3. The Hall–Kier alpha value is -4.45. The first-order valence-electron chi connectivity index (χ1n) is 11.9. The van der Waals surface area contributed by atoms with Crippen LogP contribution in [0, 0.1) is 0 Å². The van der Waals surface area contributed by atoms with Gasteiger partial charge in [0, 0.05) is 17.5 Å². The molecule has 6 heteroatoms. The molecule has 0 saturated heterocycles. The first kappa shape index (κ1) is 23.3. The van der Waals surface area contributed by atoms with Gasteiger partial charge in [-0.25, -0.2) is 9.78 Å². The number of pyridine rings is 1. The Labute approximate surface area is 209 Å². The highest BCUT2D eigenvalue weighted by Crippen LogP contribution is 2.37. The third-order valence-electron chi connectivity index (χ3n) is 6.29. The minimum atomic E-state index is -0.516. The van der Waals surface area contributed by atoms with Crippen LogP contribution in [0.5, 0.6) is 5.75 Å². The number of ether oxygens (including phenoxy) is 2. The van der Waals surface area contributed by atoms with E-state index in [4.69, 9.17) is 14.5 Å². The largest absolute Gasteiger partial charge is 0.496 e. The number of nitrogens with zero attached hydrogens (tertiary/aromatic N) is 1. The molecule has 4 aromatic rings. The summed E-state index contributed by atoms with van der Waals surface area (Å²) < 4.78 is 10.8. The van der Waals surface area contributed by atoms with Crippen LogP contribution >= 0.6 is 0 Å². The van der Waals surface area contributed by atoms with Gasteiger partial charge in [0.2, 0.25) is 0 Å². The predicted octanol–water partition coefficient (Wildman–Crippen LogP) is 5.20. The predicted molar refractivity (Wildman–Crippen MR) is 140 cm³/mol. The minimum absolute atomic E-state index is 0.279. The fourth-order valence-corrected chi connectivity index (χ4v) is 4.56. The Morgan fingerprint density at radius 2 is 1.69 bits per heavy atom. The van der Waals surface area contributed by atoms with Crippen molar-refractivity contribution in [2.75, 3.05) is 13.7 Å². The molecule has 0 spiro atoms. The molecule has 0 unspecified atom stereocenters. The van der Waals surface area contributed by atoms with Crippen LogP contribution in [0.1, 0.15) is 39.2 Å². The molecule has 0 bridgehead atoms. The number of allylic oxidation sites excluding steroid dienone is 1. The van der Waals surface area contributed by atoms with Crippen molar-refractivity contribution in [1.82, 2.24) is 10.3 Å². The van der Waals surface area contributed by atoms with Crippen molar-refractivity contribution in [3.63, 3.8) is 0 Å². The zero-order chi connectivity index (χ0) is 24.9. The maximum Gasteiger partial charge on any atom is 0.339 e. The normalized spacial score (nSPS) is 13.4. The lowest BCUT2D eigenvalue weighted by Crippen LogP contribution is -2.28. The van der Waals surface area contributed by atoms with Gasteiger partial charge in [0.1, 0.15) is 5.75 Å². The molecule has 6 nitrogen and oxygen atoms in total. The summed E-state index contributed by atoms with van der Waals surface area (Å²) in [4.78, 5) is 30.6. The molecule has 1 N–H and O–H groups in total. The van der Waals surface area contributed by atoms with Gasteiger partial charge in [-0.3, -0.25) is 4.79 Å². The highest BCUT2D eigenvalue weighted by molar-refractivity contribution is 6.07. The van der Waals surface area contributed by atoms with Gasteiger partial charge in [-0.1, -0.05) is 66.7 Å². The van der Waals surface area contributed by atoms with Crippen LogP contribution in [0.15, 0.2) is 78.9 Å². The number of carbonyl (C=O) groups excluding carboxylic acids is 2. The molecule has 3 aromatic carbocycles. The van der Waals surface area contributed by atoms with Crippen molar-refractivity contribution in [2.45, 2.75) is 19.4 Å². The Balaban J connectivity index is 1.36. The number of amides is 1. The van der Waals surface area contributed by atoms with E-state index in [9.17, 15) is 9.59 Å². The third-order valence-corrected chi connectivity index (χ3v) is 6.29. The van der Waals surface area contributed by atoms with Crippen molar-refractivity contribution >= 4 is 34.4 Å². The van der Waals surface area contributed by atoms with Crippen LogP contribution < -0.4 is 10.1 Å². The van der Waals surface area contributed by atoms with Crippen molar-refractivity contribution in [3.05, 3.63) is 107 Å². The molecule has 0 radical (unpaired) electrons. The van der Waals surface area contributed by atoms with Gasteiger partial charge in [0.05, 0.1) is 23.9 Å². The Morgan fingerprint density at radius 1 is 0.944 bits per heavy atom. The number of hydrogen-bond acceptors (Lipinski definition) is 5. The molecule has 0 saturated carbocycles. The molecular formula is C30H26N2O4. The number of rotatable bonds is 7. The van der Waals surface area contributed by atoms with Gasteiger partial charge >= 0.3 is 5.97 Å². The number of fused-ring (bicyclic) bond motifs is 2. The summed E-state index contributed by atoms with van der Waals surface area (Å²) in [7, 11) is 1.58. The summed E-state index contributed by atoms with van der Waals surface area (Å²) in [6.45, 7) is -0.0895. The fraction of sp³-hybridized carbons (Fsp3) is 0.167. The summed E-state index contributed by atoms with van der Waals surface area (Å²) in [5.41, 5.74) is 5.93. The number of carbonyl (C=O) groups is 2. The van der Waals surface area contributed by atoms with Crippen LogP contribution in [-0.4, -0.2) is 30.6 Å². The number of para-hydroxylation sites is 2. The van der Waals surface area contributed by atoms with Gasteiger partial charge < -0.3 is 14.8 Å². The van der Waals surface area contributed by atoms with Crippen LogP contribution in [0.2, 0.25) is 0 Å². The number of aromatic nitrogens is 1. The Bertz CT molecular complexity index is 1460. The van der Waals surface area contributed by atoms with Crippen molar-refractivity contribution in [3.8, 4) is 5.75 Å². The average molecular weight is 479 g/mol. The van der Waals surface area contributed by atoms with Gasteiger partial charge in [-0.15, -0.1) is 0 Å². The molecule has 1 heterocycles. The highest BCUT2D eigenvalue weighted by atomic mass is 16.5. The molecule has 0 fully saturated rings. The molecule has 1 aromatic heterocycles. The second-order valence-corrected chi connectivity index (χ2v) is 8.58. The summed E-state index contributed by atoms with van der Waals surface area (Å²) in [6.07, 6.45) is 3.59. The zero-order valence-electron chi connectivity index (χ0n) is 20.0. The highest BCUT2D eigenvalue weighted by Gasteiger charge is 2.28. The number of nitrogens with one attached hydrogen (secondary N) is 1. The Morgan fingerprint density at radius 3 is 2.53 bits per heavy atom. The molecule has 1 aliphatic carbocycles. The first-order chi connectivity index (χ1) is 17.6. The van der Waals surface area contributed by atoms with Crippen LogP contribution in [0.3, 0.4) is 0 Å². The van der Waals surface area contributed by atoms with Gasteiger partial charge in [-0.2, -0.15) is 0 Å². The molecule has 1 amide bonds. The summed E-state index contributed by atoms with van der Waals surface area (Å²) in [5.74, 6) is -0.208. The van der Waals surface area contributed by atoms with Crippen LogP contribution in [0.25, 0.3) is 22.6 Å². The molecule has 0 atom stereocenters. The SMILES string of the molecule is COc1ccccc1CNC(=O)COC(=O)c1c2c(nc3ccccc13)/C(=C\c1ccccc1)CC2. The van der Waals surface area contributed by atoms with E-state index in [1.54, 1.807) is 7.11 Å². The van der Waals surface area contributed by atoms with Crippen LogP contribution in [0.4, 0.5) is 0 Å². The van der Waals surface area contributed by atoms with Gasteiger partial charge in [-0.05, 0) is 47.8 Å². The van der Waals surface area contributed by atoms with Crippen molar-refractivity contribution < 1.29 is 19.1 Å². The lowest BCUT2D eigenvalue weighted by atomic mass is 10.0. The second kappa shape index (κ2) is 10.4. The number of methoxy groups -OCH3 is 1. The minimum Gasteiger partial charge on any atom is -0.496 e. The summed E-state index contributed by atoms with van der Waals surface area (Å²) in [6, 6.07) is 25.1. The monoisotopic (exact) mass is 478 g/mol. The molecule has 0 aliphatic heterocycles. The Kier molecular flexibility index (Phi) is 6.76. The van der Waals surface area contributed by atoms with Crippen molar-refractivity contribution in [2.24, 2.45) is 0 Å². The maximum absolute atomic E-state index is 13.3. The molecule has 1 aliphatic rings. The first-order valence-corrected chi connectivity index (χ1v) is 11.9. The number of benzene rings is 3. The van der Waals surface area contributed by atoms with E-state index in [0.717, 1.165) is 45.3 Å². The van der Waals surface area contributed by atoms with E-state index in [0.29, 0.717) is 17.7 Å². The molecule has 180 valence electrons. The molecular weight excluding hydrogens is 452 g/mol. The summed E-state index contributed by atoms with van der Waals surface area (Å²) >= 11 is 0. The smallest absolute Gasteiger partial charge is 0.339 e. The van der Waals surface area contributed by atoms with E-state index in [2.05, 4.69) is 11.4 Å². The molecule has 5 rings (SSSR count). The molecule has 36 heavy (non-hydrogen) atoms. The van der Waals surface area contributed by atoms with Gasteiger partial charge in [0.15, 0.2) is 6.61 Å². The topological polar surface area (TPSA) is 77.5 Å².